The minimum absolute atomic E-state index is 0.496. The molecule has 1 atom stereocenters. The molecule has 0 saturated carbocycles. The fourth-order valence-electron chi connectivity index (χ4n) is 3.30. The smallest absolute Gasteiger partial charge is 0.0332 e. The first-order chi connectivity index (χ1) is 10.2. The molecule has 1 unspecified atom stereocenters. The summed E-state index contributed by atoms with van der Waals surface area (Å²) in [5.74, 6) is 0. The normalized spacial score (nSPS) is 20.3. The SMILES string of the molecule is CCNC(CCN1CCC(C)(CC)CC1)c1ccccc1. The van der Waals surface area contributed by atoms with Gasteiger partial charge in [-0.25, -0.2) is 0 Å². The molecule has 2 rings (SSSR count). The Bertz CT molecular complexity index is 393. The van der Waals surface area contributed by atoms with Crippen LogP contribution in [0.2, 0.25) is 0 Å². The van der Waals surface area contributed by atoms with Crippen LogP contribution in [0.5, 0.6) is 0 Å². The first-order valence-electron chi connectivity index (χ1n) is 8.67. The van der Waals surface area contributed by atoms with E-state index in [1.54, 1.807) is 0 Å². The Morgan fingerprint density at radius 1 is 1.14 bits per heavy atom. The highest BCUT2D eigenvalue weighted by Crippen LogP contribution is 2.34. The molecule has 1 N–H and O–H groups in total. The van der Waals surface area contributed by atoms with Crippen LogP contribution in [-0.4, -0.2) is 31.1 Å². The molecule has 1 aromatic carbocycles. The van der Waals surface area contributed by atoms with Crippen LogP contribution in [0.1, 0.15) is 58.1 Å². The molecule has 1 heterocycles. The van der Waals surface area contributed by atoms with Crippen molar-refractivity contribution in [3.05, 3.63) is 35.9 Å². The van der Waals surface area contributed by atoms with Crippen LogP contribution in [0, 0.1) is 5.41 Å². The van der Waals surface area contributed by atoms with Crippen molar-refractivity contribution in [3.63, 3.8) is 0 Å². The molecule has 2 nitrogen and oxygen atoms in total. The van der Waals surface area contributed by atoms with E-state index in [9.17, 15) is 0 Å². The molecule has 1 saturated heterocycles. The third-order valence-corrected chi connectivity index (χ3v) is 5.30. The molecule has 1 aliphatic heterocycles. The van der Waals surface area contributed by atoms with Gasteiger partial charge >= 0.3 is 0 Å². The summed E-state index contributed by atoms with van der Waals surface area (Å²) < 4.78 is 0. The van der Waals surface area contributed by atoms with Gasteiger partial charge in [0.15, 0.2) is 0 Å². The summed E-state index contributed by atoms with van der Waals surface area (Å²) in [6.07, 6.45) is 5.26. The van der Waals surface area contributed by atoms with Gasteiger partial charge in [0.05, 0.1) is 0 Å². The molecule has 1 aliphatic rings. The summed E-state index contributed by atoms with van der Waals surface area (Å²) in [5, 5.41) is 3.64. The van der Waals surface area contributed by atoms with E-state index >= 15 is 0 Å². The largest absolute Gasteiger partial charge is 0.310 e. The Morgan fingerprint density at radius 2 is 1.81 bits per heavy atom. The number of hydrogen-bond donors (Lipinski definition) is 1. The molecule has 21 heavy (non-hydrogen) atoms. The summed E-state index contributed by atoms with van der Waals surface area (Å²) in [7, 11) is 0. The number of hydrogen-bond acceptors (Lipinski definition) is 2. The lowest BCUT2D eigenvalue weighted by atomic mass is 9.78. The van der Waals surface area contributed by atoms with Crippen molar-refractivity contribution >= 4 is 0 Å². The van der Waals surface area contributed by atoms with Crippen molar-refractivity contribution in [3.8, 4) is 0 Å². The van der Waals surface area contributed by atoms with Gasteiger partial charge in [0, 0.05) is 6.04 Å². The van der Waals surface area contributed by atoms with Crippen LogP contribution in [0.15, 0.2) is 30.3 Å². The van der Waals surface area contributed by atoms with Crippen molar-refractivity contribution in [2.24, 2.45) is 5.41 Å². The monoisotopic (exact) mass is 288 g/mol. The molecule has 0 aromatic heterocycles. The third-order valence-electron chi connectivity index (χ3n) is 5.30. The van der Waals surface area contributed by atoms with Gasteiger partial charge in [-0.15, -0.1) is 0 Å². The maximum atomic E-state index is 3.64. The van der Waals surface area contributed by atoms with Crippen LogP contribution in [0.25, 0.3) is 0 Å². The first kappa shape index (κ1) is 16.5. The van der Waals surface area contributed by atoms with Crippen LogP contribution < -0.4 is 5.32 Å². The van der Waals surface area contributed by atoms with E-state index in [2.05, 4.69) is 61.3 Å². The predicted octanol–water partition coefficient (Wildman–Crippen LogP) is 4.24. The topological polar surface area (TPSA) is 15.3 Å². The maximum absolute atomic E-state index is 3.64. The van der Waals surface area contributed by atoms with E-state index < -0.39 is 0 Å². The Balaban J connectivity index is 1.83. The van der Waals surface area contributed by atoms with Crippen LogP contribution in [0.3, 0.4) is 0 Å². The molecule has 0 spiro atoms. The van der Waals surface area contributed by atoms with E-state index in [-0.39, 0.29) is 0 Å². The standard InChI is InChI=1S/C19H32N2/c1-4-19(3)12-15-21(16-13-19)14-11-18(20-5-2)17-9-7-6-8-10-17/h6-10,18,20H,4-5,11-16H2,1-3H3. The van der Waals surface area contributed by atoms with Crippen LogP contribution >= 0.6 is 0 Å². The highest BCUT2D eigenvalue weighted by molar-refractivity contribution is 5.18. The zero-order chi connectivity index (χ0) is 15.1. The van der Waals surface area contributed by atoms with Gasteiger partial charge in [0.1, 0.15) is 0 Å². The van der Waals surface area contributed by atoms with Crippen molar-refractivity contribution in [1.82, 2.24) is 10.2 Å². The van der Waals surface area contributed by atoms with Gasteiger partial charge in [0.25, 0.3) is 0 Å². The van der Waals surface area contributed by atoms with Gasteiger partial charge < -0.3 is 10.2 Å². The lowest BCUT2D eigenvalue weighted by Crippen LogP contribution is -2.39. The molecular weight excluding hydrogens is 256 g/mol. The zero-order valence-electron chi connectivity index (χ0n) is 14.1. The van der Waals surface area contributed by atoms with E-state index in [0.29, 0.717) is 11.5 Å². The summed E-state index contributed by atoms with van der Waals surface area (Å²) >= 11 is 0. The quantitative estimate of drug-likeness (QED) is 0.807. The molecule has 0 bridgehead atoms. The highest BCUT2D eigenvalue weighted by Gasteiger charge is 2.28. The highest BCUT2D eigenvalue weighted by atomic mass is 15.1. The summed E-state index contributed by atoms with van der Waals surface area (Å²) in [5.41, 5.74) is 2.02. The molecular formula is C19H32N2. The van der Waals surface area contributed by atoms with E-state index in [1.165, 1.54) is 50.9 Å². The van der Waals surface area contributed by atoms with Gasteiger partial charge in [-0.05, 0) is 56.4 Å². The fraction of sp³-hybridized carbons (Fsp3) is 0.684. The second kappa shape index (κ2) is 7.95. The number of piperidine rings is 1. The van der Waals surface area contributed by atoms with Gasteiger partial charge in [0.2, 0.25) is 0 Å². The average molecular weight is 288 g/mol. The lowest BCUT2D eigenvalue weighted by Gasteiger charge is -2.39. The minimum Gasteiger partial charge on any atom is -0.310 e. The van der Waals surface area contributed by atoms with Gasteiger partial charge in [-0.2, -0.15) is 0 Å². The third kappa shape index (κ3) is 4.82. The summed E-state index contributed by atoms with van der Waals surface area (Å²) in [6.45, 7) is 11.8. The molecule has 0 aliphatic carbocycles. The molecule has 1 aromatic rings. The number of nitrogens with one attached hydrogen (secondary N) is 1. The molecule has 118 valence electrons. The Labute approximate surface area is 130 Å². The van der Waals surface area contributed by atoms with Crippen molar-refractivity contribution < 1.29 is 0 Å². The summed E-state index contributed by atoms with van der Waals surface area (Å²) in [6, 6.07) is 11.4. The first-order valence-corrected chi connectivity index (χ1v) is 8.67. The van der Waals surface area contributed by atoms with Crippen LogP contribution in [-0.2, 0) is 0 Å². The Morgan fingerprint density at radius 3 is 2.38 bits per heavy atom. The second-order valence-electron chi connectivity index (χ2n) is 6.82. The predicted molar refractivity (Wildman–Crippen MR) is 91.5 cm³/mol. The number of likely N-dealkylation sites (tertiary alicyclic amines) is 1. The second-order valence-corrected chi connectivity index (χ2v) is 6.82. The Kier molecular flexibility index (Phi) is 6.25. The fourth-order valence-corrected chi connectivity index (χ4v) is 3.30. The number of rotatable bonds is 7. The summed E-state index contributed by atoms with van der Waals surface area (Å²) in [4.78, 5) is 2.66. The lowest BCUT2D eigenvalue weighted by molar-refractivity contribution is 0.111. The van der Waals surface area contributed by atoms with Gasteiger partial charge in [-0.3, -0.25) is 0 Å². The number of benzene rings is 1. The van der Waals surface area contributed by atoms with Crippen LogP contribution in [0.4, 0.5) is 0 Å². The van der Waals surface area contributed by atoms with Crippen molar-refractivity contribution in [2.75, 3.05) is 26.2 Å². The molecule has 0 amide bonds. The van der Waals surface area contributed by atoms with E-state index in [0.717, 1.165) is 6.54 Å². The van der Waals surface area contributed by atoms with E-state index in [1.807, 2.05) is 0 Å². The van der Waals surface area contributed by atoms with Crippen molar-refractivity contribution in [1.29, 1.82) is 0 Å². The maximum Gasteiger partial charge on any atom is 0.0332 e. The zero-order valence-corrected chi connectivity index (χ0v) is 14.1. The molecule has 1 fully saturated rings. The average Bonchev–Trinajstić information content (AvgIpc) is 2.54. The van der Waals surface area contributed by atoms with Crippen molar-refractivity contribution in [2.45, 2.75) is 52.5 Å². The molecule has 0 radical (unpaired) electrons. The molecule has 2 heteroatoms. The minimum atomic E-state index is 0.496. The van der Waals surface area contributed by atoms with E-state index in [4.69, 9.17) is 0 Å². The Hall–Kier alpha value is -0.860. The number of nitrogens with zero attached hydrogens (tertiary/aromatic N) is 1. The van der Waals surface area contributed by atoms with Gasteiger partial charge in [-0.1, -0.05) is 57.5 Å².